The second-order valence-electron chi connectivity index (χ2n) is 7.76. The molecule has 2 aromatic rings. The number of aromatic nitrogens is 2. The number of hydrogen-bond donors (Lipinski definition) is 0. The van der Waals surface area contributed by atoms with E-state index in [4.69, 9.17) is 16.3 Å². The minimum absolute atomic E-state index is 0.00682. The number of ether oxygens (including phenoxy) is 1. The smallest absolute Gasteiger partial charge is 0.227 e. The Morgan fingerprint density at radius 2 is 2.11 bits per heavy atom. The Morgan fingerprint density at radius 3 is 2.81 bits per heavy atom. The van der Waals surface area contributed by atoms with Crippen LogP contribution in [0.3, 0.4) is 0 Å². The number of rotatable bonds is 3. The molecule has 3 fully saturated rings. The van der Waals surface area contributed by atoms with E-state index in [0.29, 0.717) is 24.7 Å². The summed E-state index contributed by atoms with van der Waals surface area (Å²) in [6.07, 6.45) is 1.34. The van der Waals surface area contributed by atoms with Gasteiger partial charge in [-0.3, -0.25) is 14.4 Å². The highest BCUT2D eigenvalue weighted by Gasteiger charge is 2.64. The topological polar surface area (TPSA) is 50.6 Å². The van der Waals surface area contributed by atoms with Crippen LogP contribution in [0.25, 0.3) is 0 Å². The zero-order chi connectivity index (χ0) is 18.8. The van der Waals surface area contributed by atoms with Gasteiger partial charge in [0.1, 0.15) is 5.15 Å². The average Bonchev–Trinajstić information content (AvgIpc) is 3.34. The van der Waals surface area contributed by atoms with Crippen molar-refractivity contribution in [2.45, 2.75) is 44.1 Å². The molecule has 3 aliphatic rings. The van der Waals surface area contributed by atoms with Crippen molar-refractivity contribution in [2.75, 3.05) is 13.2 Å². The monoisotopic (exact) mass is 386 g/mol. The Kier molecular flexibility index (Phi) is 3.86. The molecular formula is C20H23ClN4O2. The van der Waals surface area contributed by atoms with Gasteiger partial charge in [0.15, 0.2) is 5.72 Å². The Balaban J connectivity index is 1.44. The first-order chi connectivity index (χ1) is 13.0. The number of likely N-dealkylation sites (tertiary alicyclic amines) is 1. The van der Waals surface area contributed by atoms with Gasteiger partial charge in [-0.05, 0) is 12.5 Å². The summed E-state index contributed by atoms with van der Waals surface area (Å²) in [5.41, 5.74) is 2.63. The zero-order valence-corrected chi connectivity index (χ0v) is 16.3. The first-order valence-corrected chi connectivity index (χ1v) is 9.82. The Labute approximate surface area is 163 Å². The third-order valence-corrected chi connectivity index (χ3v) is 6.85. The molecule has 3 atom stereocenters. The lowest BCUT2D eigenvalue weighted by Crippen LogP contribution is -2.48. The van der Waals surface area contributed by atoms with Gasteiger partial charge in [-0.25, -0.2) is 0 Å². The molecule has 3 saturated heterocycles. The molecule has 1 spiro atoms. The number of aryl methyl sites for hydroxylation is 2. The molecular weight excluding hydrogens is 364 g/mol. The maximum atomic E-state index is 13.0. The molecule has 1 amide bonds. The third-order valence-electron chi connectivity index (χ3n) is 6.38. The summed E-state index contributed by atoms with van der Waals surface area (Å²) in [6.45, 7) is 4.13. The first kappa shape index (κ1) is 17.2. The predicted octanol–water partition coefficient (Wildman–Crippen LogP) is 2.66. The number of benzene rings is 1. The Bertz CT molecular complexity index is 899. The second kappa shape index (κ2) is 6.06. The summed E-state index contributed by atoms with van der Waals surface area (Å²) in [6, 6.07) is 10.3. The number of hydrogen-bond acceptors (Lipinski definition) is 4. The predicted molar refractivity (Wildman–Crippen MR) is 101 cm³/mol. The Morgan fingerprint density at radius 1 is 1.33 bits per heavy atom. The van der Waals surface area contributed by atoms with Gasteiger partial charge in [0, 0.05) is 38.5 Å². The molecule has 4 heterocycles. The number of nitrogens with zero attached hydrogens (tertiary/aromatic N) is 4. The van der Waals surface area contributed by atoms with Crippen molar-refractivity contribution in [3.63, 3.8) is 0 Å². The van der Waals surface area contributed by atoms with E-state index in [1.165, 1.54) is 0 Å². The molecule has 1 aromatic carbocycles. The highest BCUT2D eigenvalue weighted by molar-refractivity contribution is 6.30. The highest BCUT2D eigenvalue weighted by atomic mass is 35.5. The van der Waals surface area contributed by atoms with Crippen molar-refractivity contribution in [3.05, 3.63) is 52.3 Å². The van der Waals surface area contributed by atoms with Crippen molar-refractivity contribution >= 4 is 17.5 Å². The summed E-state index contributed by atoms with van der Waals surface area (Å²) in [5.74, 6) is 0.185. The summed E-state index contributed by atoms with van der Waals surface area (Å²) in [5, 5.41) is 5.09. The van der Waals surface area contributed by atoms with E-state index in [-0.39, 0.29) is 18.0 Å². The molecule has 1 aromatic heterocycles. The molecule has 27 heavy (non-hydrogen) atoms. The zero-order valence-electron chi connectivity index (χ0n) is 15.6. The fraction of sp³-hybridized carbons (Fsp3) is 0.500. The van der Waals surface area contributed by atoms with E-state index in [2.05, 4.69) is 22.1 Å². The van der Waals surface area contributed by atoms with Gasteiger partial charge in [0.05, 0.1) is 24.4 Å². The lowest BCUT2D eigenvalue weighted by atomic mass is 10.0. The number of carbonyl (C=O) groups is 1. The van der Waals surface area contributed by atoms with Gasteiger partial charge in [-0.1, -0.05) is 41.9 Å². The summed E-state index contributed by atoms with van der Waals surface area (Å²) in [7, 11) is 1.86. The van der Waals surface area contributed by atoms with Crippen LogP contribution in [0.5, 0.6) is 0 Å². The average molecular weight is 387 g/mol. The van der Waals surface area contributed by atoms with Crippen molar-refractivity contribution in [3.8, 4) is 0 Å². The molecule has 3 aliphatic heterocycles. The van der Waals surface area contributed by atoms with Gasteiger partial charge in [0.25, 0.3) is 0 Å². The second-order valence-corrected chi connectivity index (χ2v) is 8.12. The molecule has 0 unspecified atom stereocenters. The third kappa shape index (κ3) is 2.40. The van der Waals surface area contributed by atoms with Crippen LogP contribution in [0.4, 0.5) is 0 Å². The van der Waals surface area contributed by atoms with Crippen LogP contribution in [0.2, 0.25) is 5.15 Å². The molecule has 0 N–H and O–H groups in total. The van der Waals surface area contributed by atoms with Crippen LogP contribution in [0, 0.1) is 6.92 Å². The van der Waals surface area contributed by atoms with Gasteiger partial charge in [-0.15, -0.1) is 0 Å². The lowest BCUT2D eigenvalue weighted by molar-refractivity contribution is -0.138. The van der Waals surface area contributed by atoms with Gasteiger partial charge < -0.3 is 9.64 Å². The maximum absolute atomic E-state index is 13.0. The molecule has 0 bridgehead atoms. The van der Waals surface area contributed by atoms with Crippen molar-refractivity contribution in [2.24, 2.45) is 7.05 Å². The van der Waals surface area contributed by atoms with E-state index in [1.54, 1.807) is 4.68 Å². The molecule has 0 aliphatic carbocycles. The van der Waals surface area contributed by atoms with Crippen LogP contribution in [0.15, 0.2) is 30.3 Å². The van der Waals surface area contributed by atoms with Gasteiger partial charge >= 0.3 is 0 Å². The highest BCUT2D eigenvalue weighted by Crippen LogP contribution is 2.51. The number of carbonyl (C=O) groups excluding carboxylic acids is 1. The van der Waals surface area contributed by atoms with Crippen LogP contribution < -0.4 is 0 Å². The molecule has 142 valence electrons. The van der Waals surface area contributed by atoms with Crippen molar-refractivity contribution in [1.82, 2.24) is 19.6 Å². The number of halogens is 1. The summed E-state index contributed by atoms with van der Waals surface area (Å²) < 4.78 is 8.08. The fourth-order valence-corrected chi connectivity index (χ4v) is 5.33. The van der Waals surface area contributed by atoms with Crippen molar-refractivity contribution < 1.29 is 9.53 Å². The van der Waals surface area contributed by atoms with Crippen LogP contribution in [-0.2, 0) is 23.1 Å². The molecule has 0 radical (unpaired) electrons. The van der Waals surface area contributed by atoms with Crippen LogP contribution in [0.1, 0.15) is 35.7 Å². The van der Waals surface area contributed by atoms with E-state index in [1.807, 2.05) is 37.1 Å². The number of amides is 1. The Hall–Kier alpha value is -1.89. The summed E-state index contributed by atoms with van der Waals surface area (Å²) >= 11 is 6.44. The molecule has 5 rings (SSSR count). The molecule has 7 heteroatoms. The van der Waals surface area contributed by atoms with Crippen molar-refractivity contribution in [1.29, 1.82) is 0 Å². The minimum atomic E-state index is -0.500. The van der Waals surface area contributed by atoms with Gasteiger partial charge in [-0.2, -0.15) is 5.10 Å². The minimum Gasteiger partial charge on any atom is -0.351 e. The first-order valence-electron chi connectivity index (χ1n) is 9.44. The van der Waals surface area contributed by atoms with E-state index < -0.39 is 5.72 Å². The fourth-order valence-electron chi connectivity index (χ4n) is 5.10. The quantitative estimate of drug-likeness (QED) is 0.813. The van der Waals surface area contributed by atoms with E-state index in [9.17, 15) is 4.79 Å². The maximum Gasteiger partial charge on any atom is 0.227 e. The molecule has 6 nitrogen and oxygen atoms in total. The normalized spacial score (nSPS) is 30.2. The SMILES string of the molecule is Cc1nn(C)c(Cl)c1CN1CC[C@@]23OC[C@@H](c4ccccc4)N2C(=O)C[C@@H]13. The summed E-state index contributed by atoms with van der Waals surface area (Å²) in [4.78, 5) is 17.3. The lowest BCUT2D eigenvalue weighted by Gasteiger charge is -2.33. The standard InChI is InChI=1S/C20H23ClN4O2/c1-13-15(19(21)23(2)22-13)11-24-9-8-20-17(24)10-18(26)25(20)16(12-27-20)14-6-4-3-5-7-14/h3-7,16-17H,8-12H2,1-2H3/t16-,17+,20-/m0/s1. The molecule has 0 saturated carbocycles. The van der Waals surface area contributed by atoms with Crippen LogP contribution >= 0.6 is 11.6 Å². The largest absolute Gasteiger partial charge is 0.351 e. The van der Waals surface area contributed by atoms with E-state index in [0.717, 1.165) is 29.8 Å². The van der Waals surface area contributed by atoms with Crippen LogP contribution in [-0.4, -0.2) is 50.4 Å². The van der Waals surface area contributed by atoms with E-state index >= 15 is 0 Å². The van der Waals surface area contributed by atoms with Gasteiger partial charge in [0.2, 0.25) is 5.91 Å².